The highest BCUT2D eigenvalue weighted by Crippen LogP contribution is 2.22. The number of nitrogens with one attached hydrogen (secondary N) is 1. The second kappa shape index (κ2) is 9.11. The van der Waals surface area contributed by atoms with Crippen LogP contribution in [0.3, 0.4) is 0 Å². The zero-order valence-corrected chi connectivity index (χ0v) is 13.2. The third kappa shape index (κ3) is 5.61. The molecule has 1 aromatic carbocycles. The third-order valence-electron chi connectivity index (χ3n) is 3.53. The third-order valence-corrected chi connectivity index (χ3v) is 3.53. The van der Waals surface area contributed by atoms with E-state index in [1.165, 1.54) is 5.56 Å². The van der Waals surface area contributed by atoms with Crippen LogP contribution >= 0.6 is 0 Å². The van der Waals surface area contributed by atoms with Crippen molar-refractivity contribution in [3.05, 3.63) is 35.4 Å². The van der Waals surface area contributed by atoms with E-state index in [2.05, 4.69) is 26.1 Å². The molecule has 0 saturated carbocycles. The average Bonchev–Trinajstić information content (AvgIpc) is 2.42. The number of benzene rings is 1. The van der Waals surface area contributed by atoms with Gasteiger partial charge in [0, 0.05) is 19.3 Å². The molecule has 1 aromatic rings. The molecule has 2 atom stereocenters. The molecule has 1 rings (SSSR count). The molecule has 3 nitrogen and oxygen atoms in total. The predicted octanol–water partition coefficient (Wildman–Crippen LogP) is 3.07. The first-order valence-corrected chi connectivity index (χ1v) is 7.62. The lowest BCUT2D eigenvalue weighted by atomic mass is 9.93. The van der Waals surface area contributed by atoms with E-state index in [9.17, 15) is 5.11 Å². The van der Waals surface area contributed by atoms with Gasteiger partial charge in [-0.05, 0) is 38.3 Å². The van der Waals surface area contributed by atoms with Gasteiger partial charge in [-0.25, -0.2) is 0 Å². The molecule has 0 fully saturated rings. The molecule has 0 bridgehead atoms. The molecule has 0 saturated heterocycles. The number of aryl methyl sites for hydroxylation is 1. The minimum absolute atomic E-state index is 0.0688. The van der Waals surface area contributed by atoms with E-state index in [4.69, 9.17) is 4.74 Å². The van der Waals surface area contributed by atoms with Gasteiger partial charge in [0.1, 0.15) is 0 Å². The van der Waals surface area contributed by atoms with Crippen LogP contribution in [-0.2, 0) is 4.74 Å². The van der Waals surface area contributed by atoms with Crippen LogP contribution in [0.15, 0.2) is 24.3 Å². The van der Waals surface area contributed by atoms with Gasteiger partial charge in [-0.2, -0.15) is 0 Å². The molecule has 0 aliphatic heterocycles. The summed E-state index contributed by atoms with van der Waals surface area (Å²) < 4.78 is 5.33. The largest absolute Gasteiger partial charge is 0.387 e. The van der Waals surface area contributed by atoms with Gasteiger partial charge in [-0.3, -0.25) is 0 Å². The van der Waals surface area contributed by atoms with Crippen LogP contribution in [0.4, 0.5) is 0 Å². The first-order chi connectivity index (χ1) is 9.56. The van der Waals surface area contributed by atoms with Gasteiger partial charge in [0.25, 0.3) is 0 Å². The van der Waals surface area contributed by atoms with Gasteiger partial charge in [-0.15, -0.1) is 0 Å². The van der Waals surface area contributed by atoms with Crippen LogP contribution in [0.25, 0.3) is 0 Å². The lowest BCUT2D eigenvalue weighted by Crippen LogP contribution is -2.40. The maximum atomic E-state index is 10.6. The highest BCUT2D eigenvalue weighted by Gasteiger charge is 2.23. The van der Waals surface area contributed by atoms with Crippen LogP contribution in [0, 0.1) is 12.8 Å². The van der Waals surface area contributed by atoms with Crippen LogP contribution in [-0.4, -0.2) is 30.9 Å². The first-order valence-electron chi connectivity index (χ1n) is 7.62. The summed E-state index contributed by atoms with van der Waals surface area (Å²) in [6.45, 7) is 10.7. The Labute approximate surface area is 123 Å². The standard InChI is InChI=1S/C17H29NO2/c1-5-20-12-6-11-18-16(13(2)3)17(19)15-9-7-14(4)8-10-15/h7-10,13,16-19H,5-6,11-12H2,1-4H3. The van der Waals surface area contributed by atoms with Crippen molar-refractivity contribution in [2.45, 2.75) is 46.3 Å². The van der Waals surface area contributed by atoms with E-state index in [1.54, 1.807) is 0 Å². The summed E-state index contributed by atoms with van der Waals surface area (Å²) in [5, 5.41) is 14.0. The molecule has 0 heterocycles. The van der Waals surface area contributed by atoms with E-state index in [-0.39, 0.29) is 6.04 Å². The Morgan fingerprint density at radius 3 is 2.40 bits per heavy atom. The molecule has 2 N–H and O–H groups in total. The zero-order valence-electron chi connectivity index (χ0n) is 13.2. The molecular formula is C17H29NO2. The maximum absolute atomic E-state index is 10.6. The van der Waals surface area contributed by atoms with Gasteiger partial charge < -0.3 is 15.2 Å². The lowest BCUT2D eigenvalue weighted by Gasteiger charge is -2.28. The number of hydrogen-bond acceptors (Lipinski definition) is 3. The fraction of sp³-hybridized carbons (Fsp3) is 0.647. The first kappa shape index (κ1) is 17.2. The molecule has 2 unspecified atom stereocenters. The predicted molar refractivity (Wildman–Crippen MR) is 83.9 cm³/mol. The number of aliphatic hydroxyl groups excluding tert-OH is 1. The Morgan fingerprint density at radius 1 is 1.20 bits per heavy atom. The molecule has 114 valence electrons. The lowest BCUT2D eigenvalue weighted by molar-refractivity contribution is 0.0999. The van der Waals surface area contributed by atoms with E-state index >= 15 is 0 Å². The Hall–Kier alpha value is -0.900. The molecule has 0 aromatic heterocycles. The van der Waals surface area contributed by atoms with Crippen molar-refractivity contribution in [2.24, 2.45) is 5.92 Å². The topological polar surface area (TPSA) is 41.5 Å². The zero-order chi connectivity index (χ0) is 15.0. The minimum Gasteiger partial charge on any atom is -0.387 e. The van der Waals surface area contributed by atoms with Gasteiger partial charge >= 0.3 is 0 Å². The van der Waals surface area contributed by atoms with Gasteiger partial charge in [0.15, 0.2) is 0 Å². The fourth-order valence-electron chi connectivity index (χ4n) is 2.27. The summed E-state index contributed by atoms with van der Waals surface area (Å²) in [5.74, 6) is 0.374. The van der Waals surface area contributed by atoms with Gasteiger partial charge in [0.2, 0.25) is 0 Å². The average molecular weight is 279 g/mol. The van der Waals surface area contributed by atoms with E-state index < -0.39 is 6.10 Å². The van der Waals surface area contributed by atoms with E-state index in [1.807, 2.05) is 31.2 Å². The SMILES string of the molecule is CCOCCCNC(C(C)C)C(O)c1ccc(C)cc1. The maximum Gasteiger partial charge on any atom is 0.0945 e. The van der Waals surface area contributed by atoms with E-state index in [0.29, 0.717) is 5.92 Å². The second-order valence-corrected chi connectivity index (χ2v) is 5.63. The Morgan fingerprint density at radius 2 is 1.85 bits per heavy atom. The van der Waals surface area contributed by atoms with Gasteiger partial charge in [0.05, 0.1) is 6.10 Å². The summed E-state index contributed by atoms with van der Waals surface area (Å²) >= 11 is 0. The number of aliphatic hydroxyl groups is 1. The summed E-state index contributed by atoms with van der Waals surface area (Å²) in [4.78, 5) is 0. The van der Waals surface area contributed by atoms with Crippen LogP contribution < -0.4 is 5.32 Å². The van der Waals surface area contributed by atoms with Crippen molar-refractivity contribution in [3.8, 4) is 0 Å². The van der Waals surface area contributed by atoms with Crippen molar-refractivity contribution in [1.82, 2.24) is 5.32 Å². The van der Waals surface area contributed by atoms with Crippen molar-refractivity contribution in [2.75, 3.05) is 19.8 Å². The van der Waals surface area contributed by atoms with Crippen molar-refractivity contribution < 1.29 is 9.84 Å². The van der Waals surface area contributed by atoms with Crippen molar-refractivity contribution in [1.29, 1.82) is 0 Å². The van der Waals surface area contributed by atoms with Gasteiger partial charge in [-0.1, -0.05) is 43.7 Å². The fourth-order valence-corrected chi connectivity index (χ4v) is 2.27. The number of hydrogen-bond donors (Lipinski definition) is 2. The monoisotopic (exact) mass is 279 g/mol. The molecule has 0 amide bonds. The summed E-state index contributed by atoms with van der Waals surface area (Å²) in [5.41, 5.74) is 2.19. The number of ether oxygens (including phenoxy) is 1. The Balaban J connectivity index is 2.54. The summed E-state index contributed by atoms with van der Waals surface area (Å²) in [6, 6.07) is 8.18. The summed E-state index contributed by atoms with van der Waals surface area (Å²) in [7, 11) is 0. The molecule has 0 aliphatic rings. The Kier molecular flexibility index (Phi) is 7.82. The van der Waals surface area contributed by atoms with Crippen LogP contribution in [0.2, 0.25) is 0 Å². The Bertz CT molecular complexity index is 362. The normalized spacial score (nSPS) is 14.5. The molecule has 3 heteroatoms. The molecule has 0 radical (unpaired) electrons. The molecule has 20 heavy (non-hydrogen) atoms. The van der Waals surface area contributed by atoms with E-state index in [0.717, 1.165) is 31.7 Å². The smallest absolute Gasteiger partial charge is 0.0945 e. The molecule has 0 aliphatic carbocycles. The minimum atomic E-state index is -0.470. The molecule has 0 spiro atoms. The highest BCUT2D eigenvalue weighted by atomic mass is 16.5. The quantitative estimate of drug-likeness (QED) is 0.683. The molecular weight excluding hydrogens is 250 g/mol. The highest BCUT2D eigenvalue weighted by molar-refractivity contribution is 5.24. The van der Waals surface area contributed by atoms with Crippen molar-refractivity contribution >= 4 is 0 Å². The van der Waals surface area contributed by atoms with Crippen molar-refractivity contribution in [3.63, 3.8) is 0 Å². The number of rotatable bonds is 9. The second-order valence-electron chi connectivity index (χ2n) is 5.63. The van der Waals surface area contributed by atoms with Crippen LogP contribution in [0.5, 0.6) is 0 Å². The van der Waals surface area contributed by atoms with Crippen LogP contribution in [0.1, 0.15) is 44.4 Å². The summed E-state index contributed by atoms with van der Waals surface area (Å²) in [6.07, 6.45) is 0.500.